The Balaban J connectivity index is 1.23. The molecule has 0 radical (unpaired) electrons. The first-order valence-electron chi connectivity index (χ1n) is 12.2. The lowest BCUT2D eigenvalue weighted by Gasteiger charge is -2.40. The maximum Gasteiger partial charge on any atom is 0.334 e. The molecule has 0 bridgehead atoms. The molecular weight excluding hydrogens is 468 g/mol. The zero-order valence-corrected chi connectivity index (χ0v) is 20.2. The summed E-state index contributed by atoms with van der Waals surface area (Å²) in [6.45, 7) is 2.29. The summed E-state index contributed by atoms with van der Waals surface area (Å²) in [7, 11) is 1.57. The van der Waals surface area contributed by atoms with Crippen LogP contribution < -0.4 is 21.4 Å². The van der Waals surface area contributed by atoms with E-state index in [1.807, 2.05) is 17.0 Å². The third-order valence-electron chi connectivity index (χ3n) is 7.21. The molecule has 2 atom stereocenters. The molecule has 0 aliphatic carbocycles. The zero-order chi connectivity index (χ0) is 25.2. The van der Waals surface area contributed by atoms with Gasteiger partial charge in [0.25, 0.3) is 0 Å². The number of carbonyl (C=O) groups excluding carboxylic acids is 1. The summed E-state index contributed by atoms with van der Waals surface area (Å²) in [6.07, 6.45) is 3.98. The number of nitrogens with one attached hydrogen (secondary N) is 2. The molecule has 9 nitrogen and oxygen atoms in total. The Morgan fingerprint density at radius 2 is 2.06 bits per heavy atom. The Labute approximate surface area is 208 Å². The number of benzene rings is 1. The van der Waals surface area contributed by atoms with Crippen LogP contribution in [0.25, 0.3) is 0 Å². The number of hydrazine groups is 2. The van der Waals surface area contributed by atoms with Crippen molar-refractivity contribution in [2.24, 2.45) is 5.84 Å². The number of amides is 2. The number of urea groups is 1. The molecule has 0 saturated carbocycles. The number of pyridine rings is 1. The summed E-state index contributed by atoms with van der Waals surface area (Å²) in [5.41, 5.74) is 9.71. The van der Waals surface area contributed by atoms with Gasteiger partial charge in [-0.25, -0.2) is 29.8 Å². The van der Waals surface area contributed by atoms with Crippen molar-refractivity contribution in [2.45, 2.75) is 37.9 Å². The van der Waals surface area contributed by atoms with Gasteiger partial charge in [-0.3, -0.25) is 9.91 Å². The fourth-order valence-corrected chi connectivity index (χ4v) is 5.20. The van der Waals surface area contributed by atoms with Crippen LogP contribution in [0.4, 0.5) is 13.6 Å². The Kier molecular flexibility index (Phi) is 7.04. The van der Waals surface area contributed by atoms with Gasteiger partial charge in [0.2, 0.25) is 5.88 Å². The zero-order valence-electron chi connectivity index (χ0n) is 20.2. The van der Waals surface area contributed by atoms with Crippen molar-refractivity contribution in [3.05, 3.63) is 70.6 Å². The number of likely N-dealkylation sites (tertiary alicyclic amines) is 1. The van der Waals surface area contributed by atoms with E-state index in [1.165, 1.54) is 23.2 Å². The monoisotopic (exact) mass is 499 g/mol. The van der Waals surface area contributed by atoms with Crippen LogP contribution in [0.1, 0.15) is 36.4 Å². The Bertz CT molecular complexity index is 1120. The maximum absolute atomic E-state index is 14.1. The predicted molar refractivity (Wildman–Crippen MR) is 129 cm³/mol. The standard InChI is InChI=1S/C25H31F2N7O2/c1-36-23-8-7-16(12-29-23)24-19-15-33(11-9-22(19)30-31-24)25(35)34(28)17-4-3-10-32(13-17)14-18-20(26)5-2-6-21(18)27/h2,5-8,12,17,24,30-31H,3-4,9-11,13-15,28H2,1H3/t17-,24?/m1/s1. The van der Waals surface area contributed by atoms with Crippen LogP contribution in [-0.2, 0) is 6.54 Å². The van der Waals surface area contributed by atoms with E-state index in [4.69, 9.17) is 10.6 Å². The van der Waals surface area contributed by atoms with Crippen molar-refractivity contribution in [3.63, 3.8) is 0 Å². The van der Waals surface area contributed by atoms with E-state index in [0.29, 0.717) is 38.5 Å². The number of methoxy groups -OCH3 is 1. The molecule has 5 rings (SSSR count). The Morgan fingerprint density at radius 1 is 1.25 bits per heavy atom. The summed E-state index contributed by atoms with van der Waals surface area (Å²) in [5.74, 6) is 5.77. The van der Waals surface area contributed by atoms with E-state index in [9.17, 15) is 13.6 Å². The number of nitrogens with two attached hydrogens (primary N) is 1. The smallest absolute Gasteiger partial charge is 0.334 e. The molecule has 1 unspecified atom stereocenters. The lowest BCUT2D eigenvalue weighted by molar-refractivity contribution is 0.0875. The lowest BCUT2D eigenvalue weighted by atomic mass is 9.96. The first-order valence-corrected chi connectivity index (χ1v) is 12.2. The molecule has 4 heterocycles. The van der Waals surface area contributed by atoms with Crippen LogP contribution >= 0.6 is 0 Å². The average molecular weight is 500 g/mol. The van der Waals surface area contributed by atoms with Crippen LogP contribution in [0.5, 0.6) is 5.88 Å². The van der Waals surface area contributed by atoms with E-state index in [0.717, 1.165) is 29.7 Å². The van der Waals surface area contributed by atoms with Gasteiger partial charge in [0.1, 0.15) is 11.6 Å². The topological polar surface area (TPSA) is 99.0 Å². The number of halogens is 2. The normalized spacial score (nSPS) is 22.3. The molecular formula is C25H31F2N7O2. The van der Waals surface area contributed by atoms with E-state index < -0.39 is 11.6 Å². The minimum absolute atomic E-state index is 0.0452. The van der Waals surface area contributed by atoms with Crippen molar-refractivity contribution in [3.8, 4) is 5.88 Å². The molecule has 192 valence electrons. The third kappa shape index (κ3) is 4.86. The minimum Gasteiger partial charge on any atom is -0.481 e. The largest absolute Gasteiger partial charge is 0.481 e. The van der Waals surface area contributed by atoms with Crippen molar-refractivity contribution in [1.82, 2.24) is 30.6 Å². The minimum atomic E-state index is -0.560. The number of hydrogen-bond donors (Lipinski definition) is 3. The first kappa shape index (κ1) is 24.4. The molecule has 3 aliphatic heterocycles. The number of piperidine rings is 1. The van der Waals surface area contributed by atoms with Crippen molar-refractivity contribution < 1.29 is 18.3 Å². The fourth-order valence-electron chi connectivity index (χ4n) is 5.20. The summed E-state index contributed by atoms with van der Waals surface area (Å²) in [4.78, 5) is 21.4. The molecule has 1 aromatic heterocycles. The molecule has 3 aliphatic rings. The van der Waals surface area contributed by atoms with Crippen LogP contribution in [0.15, 0.2) is 47.8 Å². The van der Waals surface area contributed by atoms with Crippen molar-refractivity contribution in [2.75, 3.05) is 33.3 Å². The highest BCUT2D eigenvalue weighted by Gasteiger charge is 2.36. The quantitative estimate of drug-likeness (QED) is 0.330. The van der Waals surface area contributed by atoms with Crippen LogP contribution in [-0.4, -0.2) is 65.2 Å². The molecule has 4 N–H and O–H groups in total. The van der Waals surface area contributed by atoms with Gasteiger partial charge in [-0.05, 0) is 42.7 Å². The molecule has 2 aromatic rings. The van der Waals surface area contributed by atoms with Gasteiger partial charge in [-0.2, -0.15) is 0 Å². The second-order valence-corrected chi connectivity index (χ2v) is 9.43. The summed E-state index contributed by atoms with van der Waals surface area (Å²) in [6, 6.07) is 7.05. The summed E-state index contributed by atoms with van der Waals surface area (Å²) in [5, 5.41) is 1.30. The molecule has 1 aromatic carbocycles. The molecule has 36 heavy (non-hydrogen) atoms. The predicted octanol–water partition coefficient (Wildman–Crippen LogP) is 2.44. The fraction of sp³-hybridized carbons (Fsp3) is 0.440. The van der Waals surface area contributed by atoms with Gasteiger partial charge in [0, 0.05) is 56.1 Å². The van der Waals surface area contributed by atoms with Crippen LogP contribution in [0.2, 0.25) is 0 Å². The van der Waals surface area contributed by atoms with Gasteiger partial charge in [0.15, 0.2) is 0 Å². The molecule has 2 amide bonds. The lowest BCUT2D eigenvalue weighted by Crippen LogP contribution is -2.57. The van der Waals surface area contributed by atoms with Crippen molar-refractivity contribution in [1.29, 1.82) is 0 Å². The van der Waals surface area contributed by atoms with Gasteiger partial charge >= 0.3 is 6.03 Å². The van der Waals surface area contributed by atoms with Gasteiger partial charge in [-0.15, -0.1) is 0 Å². The molecule has 0 spiro atoms. The number of rotatable bonds is 5. The number of hydrogen-bond acceptors (Lipinski definition) is 7. The number of ether oxygens (including phenoxy) is 1. The molecule has 11 heteroatoms. The highest BCUT2D eigenvalue weighted by atomic mass is 19.1. The second kappa shape index (κ2) is 10.4. The van der Waals surface area contributed by atoms with Gasteiger partial charge in [0.05, 0.1) is 19.2 Å². The second-order valence-electron chi connectivity index (χ2n) is 9.43. The van der Waals surface area contributed by atoms with Crippen molar-refractivity contribution >= 4 is 6.03 Å². The number of carbonyl (C=O) groups is 1. The molecule has 1 fully saturated rings. The van der Waals surface area contributed by atoms with E-state index >= 15 is 0 Å². The van der Waals surface area contributed by atoms with Gasteiger partial charge in [-0.1, -0.05) is 12.1 Å². The Morgan fingerprint density at radius 3 is 2.78 bits per heavy atom. The average Bonchev–Trinajstić information content (AvgIpc) is 3.33. The maximum atomic E-state index is 14.1. The third-order valence-corrected chi connectivity index (χ3v) is 7.21. The van der Waals surface area contributed by atoms with Crippen LogP contribution in [0.3, 0.4) is 0 Å². The van der Waals surface area contributed by atoms with E-state index in [1.54, 1.807) is 18.2 Å². The first-order chi connectivity index (χ1) is 17.4. The van der Waals surface area contributed by atoms with E-state index in [-0.39, 0.29) is 30.2 Å². The van der Waals surface area contributed by atoms with Gasteiger partial charge < -0.3 is 15.1 Å². The van der Waals surface area contributed by atoms with E-state index in [2.05, 4.69) is 15.8 Å². The summed E-state index contributed by atoms with van der Waals surface area (Å²) < 4.78 is 33.4. The summed E-state index contributed by atoms with van der Waals surface area (Å²) >= 11 is 0. The highest BCUT2D eigenvalue weighted by molar-refractivity contribution is 5.75. The number of nitrogens with zero attached hydrogens (tertiary/aromatic N) is 4. The van der Waals surface area contributed by atoms with Crippen LogP contribution in [0, 0.1) is 11.6 Å². The SMILES string of the molecule is COc1ccc(C2NNC3=C2CN(C(=O)N(N)[C@@H]2CCCN(Cc4c(F)cccc4F)C2)CC3)cn1. The number of aromatic nitrogens is 1. The Hall–Kier alpha value is -3.28. The molecule has 1 saturated heterocycles. The highest BCUT2D eigenvalue weighted by Crippen LogP contribution is 2.32.